The number of amides is 2. The fourth-order valence-corrected chi connectivity index (χ4v) is 6.56. The van der Waals surface area contributed by atoms with Crippen LogP contribution in [0.25, 0.3) is 0 Å². The molecule has 0 aromatic heterocycles. The number of hydrogen-bond donors (Lipinski definition) is 1. The van der Waals surface area contributed by atoms with Crippen LogP contribution in [0.3, 0.4) is 0 Å². The lowest BCUT2D eigenvalue weighted by molar-refractivity contribution is -0.128. The van der Waals surface area contributed by atoms with Gasteiger partial charge in [0.05, 0.1) is 33.7 Å². The summed E-state index contributed by atoms with van der Waals surface area (Å²) in [5.74, 6) is -0.528. The molecule has 0 spiro atoms. The Bertz CT molecular complexity index is 1750. The summed E-state index contributed by atoms with van der Waals surface area (Å²) < 4.78 is 34.8. The topological polar surface area (TPSA) is 96.0 Å². The van der Waals surface area contributed by atoms with E-state index in [2.05, 4.69) is 5.32 Å². The molecule has 2 amide bonds. The number of nitrogens with one attached hydrogen (secondary N) is 1. The van der Waals surface area contributed by atoms with Crippen LogP contribution in [0.5, 0.6) is 5.75 Å². The van der Waals surface area contributed by atoms with Crippen molar-refractivity contribution in [1.82, 2.24) is 9.62 Å². The molecule has 8 nitrogen and oxygen atoms in total. The van der Waals surface area contributed by atoms with Gasteiger partial charge in [0.15, 0.2) is 6.10 Å². The van der Waals surface area contributed by atoms with E-state index in [1.807, 2.05) is 37.3 Å². The van der Waals surface area contributed by atoms with E-state index in [9.17, 15) is 18.0 Å². The Morgan fingerprint density at radius 3 is 2.34 bits per heavy atom. The predicted octanol–water partition coefficient (Wildman–Crippen LogP) is 5.65. The van der Waals surface area contributed by atoms with Gasteiger partial charge in [-0.2, -0.15) is 4.31 Å². The lowest BCUT2D eigenvalue weighted by Gasteiger charge is -2.35. The highest BCUT2D eigenvalue weighted by Crippen LogP contribution is 2.34. The standard InChI is InChI=1S/C33H31Cl2N3O5S/c1-23-11-14-26(15-12-23)44(41,42)37(20-25-13-16-27(34)28(35)19-25)22-32(39)38-21-31(43-30-10-6-5-9-29(30)38)33(40)36-18-17-24-7-3-2-4-8-24/h2-16,19,31H,17-18,20-22H2,1H3,(H,36,40). The number of para-hydroxylation sites is 2. The van der Waals surface area contributed by atoms with Gasteiger partial charge in [-0.15, -0.1) is 0 Å². The molecule has 1 aliphatic heterocycles. The number of carbonyl (C=O) groups is 2. The molecule has 228 valence electrons. The first-order valence-electron chi connectivity index (χ1n) is 14.0. The van der Waals surface area contributed by atoms with Gasteiger partial charge in [-0.3, -0.25) is 9.59 Å². The SMILES string of the molecule is Cc1ccc(S(=O)(=O)N(CC(=O)N2CC(C(=O)NCCc3ccccc3)Oc3ccccc32)Cc2ccc(Cl)c(Cl)c2)cc1. The second-order valence-electron chi connectivity index (χ2n) is 10.4. The van der Waals surface area contributed by atoms with Gasteiger partial charge in [-0.1, -0.05) is 89.4 Å². The van der Waals surface area contributed by atoms with Gasteiger partial charge in [0.2, 0.25) is 15.9 Å². The maximum absolute atomic E-state index is 14.0. The molecule has 4 aromatic carbocycles. The minimum atomic E-state index is -4.12. The fourth-order valence-electron chi connectivity index (χ4n) is 4.86. The largest absolute Gasteiger partial charge is 0.477 e. The Labute approximate surface area is 267 Å². The third-order valence-corrected chi connectivity index (χ3v) is 9.78. The first-order valence-corrected chi connectivity index (χ1v) is 16.2. The van der Waals surface area contributed by atoms with Crippen molar-refractivity contribution in [3.63, 3.8) is 0 Å². The summed E-state index contributed by atoms with van der Waals surface area (Å²) in [6.07, 6.45) is -0.346. The number of fused-ring (bicyclic) bond motifs is 1. The highest BCUT2D eigenvalue weighted by Gasteiger charge is 2.36. The Morgan fingerprint density at radius 2 is 1.61 bits per heavy atom. The number of rotatable bonds is 10. The van der Waals surface area contributed by atoms with Crippen molar-refractivity contribution in [2.75, 3.05) is 24.5 Å². The van der Waals surface area contributed by atoms with E-state index in [1.54, 1.807) is 54.6 Å². The van der Waals surface area contributed by atoms with Gasteiger partial charge in [0.25, 0.3) is 5.91 Å². The second-order valence-corrected chi connectivity index (χ2v) is 13.2. The number of halogens is 2. The summed E-state index contributed by atoms with van der Waals surface area (Å²) in [4.78, 5) is 28.6. The van der Waals surface area contributed by atoms with Crippen molar-refractivity contribution in [1.29, 1.82) is 0 Å². The molecule has 5 rings (SSSR count). The van der Waals surface area contributed by atoms with Gasteiger partial charge in [-0.05, 0) is 60.9 Å². The van der Waals surface area contributed by atoms with Crippen molar-refractivity contribution < 1.29 is 22.7 Å². The van der Waals surface area contributed by atoms with Gasteiger partial charge >= 0.3 is 0 Å². The van der Waals surface area contributed by atoms with E-state index >= 15 is 0 Å². The maximum atomic E-state index is 14.0. The van der Waals surface area contributed by atoms with E-state index in [-0.39, 0.29) is 28.9 Å². The van der Waals surface area contributed by atoms with Crippen molar-refractivity contribution >= 4 is 50.7 Å². The molecule has 1 atom stereocenters. The Balaban J connectivity index is 1.38. The number of aryl methyl sites for hydroxylation is 1. The van der Waals surface area contributed by atoms with Crippen LogP contribution in [-0.4, -0.2) is 50.3 Å². The first-order chi connectivity index (χ1) is 21.1. The van der Waals surface area contributed by atoms with Crippen molar-refractivity contribution in [2.24, 2.45) is 0 Å². The molecular weight excluding hydrogens is 621 g/mol. The quantitative estimate of drug-likeness (QED) is 0.239. The number of ether oxygens (including phenoxy) is 1. The van der Waals surface area contributed by atoms with E-state index < -0.39 is 28.6 Å². The molecule has 4 aromatic rings. The highest BCUT2D eigenvalue weighted by molar-refractivity contribution is 7.89. The third-order valence-electron chi connectivity index (χ3n) is 7.24. The number of nitrogens with zero attached hydrogens (tertiary/aromatic N) is 2. The number of carbonyl (C=O) groups excluding carboxylic acids is 2. The molecule has 0 saturated heterocycles. The Morgan fingerprint density at radius 1 is 0.909 bits per heavy atom. The highest BCUT2D eigenvalue weighted by atomic mass is 35.5. The summed E-state index contributed by atoms with van der Waals surface area (Å²) in [6, 6.07) is 27.9. The van der Waals surface area contributed by atoms with Crippen LogP contribution in [0.1, 0.15) is 16.7 Å². The lowest BCUT2D eigenvalue weighted by atomic mass is 10.1. The van der Waals surface area contributed by atoms with Crippen LogP contribution < -0.4 is 15.0 Å². The first kappa shape index (κ1) is 31.5. The monoisotopic (exact) mass is 651 g/mol. The number of sulfonamides is 1. The van der Waals surface area contributed by atoms with E-state index in [1.165, 1.54) is 17.0 Å². The van der Waals surface area contributed by atoms with Crippen LogP contribution in [0, 0.1) is 6.92 Å². The molecule has 0 aliphatic carbocycles. The molecular formula is C33H31Cl2N3O5S. The zero-order valence-corrected chi connectivity index (χ0v) is 26.3. The van der Waals surface area contributed by atoms with Crippen molar-refractivity contribution in [3.8, 4) is 5.75 Å². The molecule has 0 saturated carbocycles. The number of benzene rings is 4. The molecule has 1 aliphatic rings. The van der Waals surface area contributed by atoms with E-state index in [4.69, 9.17) is 27.9 Å². The van der Waals surface area contributed by atoms with Gasteiger partial charge < -0.3 is 15.0 Å². The Kier molecular flexibility index (Phi) is 9.90. The molecule has 0 bridgehead atoms. The summed E-state index contributed by atoms with van der Waals surface area (Å²) in [6.45, 7) is 1.54. The van der Waals surface area contributed by atoms with Gasteiger partial charge in [0.1, 0.15) is 5.75 Å². The minimum Gasteiger partial charge on any atom is -0.477 e. The van der Waals surface area contributed by atoms with Crippen molar-refractivity contribution in [2.45, 2.75) is 30.9 Å². The summed E-state index contributed by atoms with van der Waals surface area (Å²) in [5.41, 5.74) is 2.99. The third kappa shape index (κ3) is 7.42. The minimum absolute atomic E-state index is 0.0500. The average molecular weight is 653 g/mol. The molecule has 1 N–H and O–H groups in total. The van der Waals surface area contributed by atoms with Gasteiger partial charge in [0, 0.05) is 13.1 Å². The molecule has 1 heterocycles. The number of hydrogen-bond acceptors (Lipinski definition) is 5. The van der Waals surface area contributed by atoms with Crippen LogP contribution in [0.2, 0.25) is 10.0 Å². The van der Waals surface area contributed by atoms with Gasteiger partial charge in [-0.25, -0.2) is 8.42 Å². The summed E-state index contributed by atoms with van der Waals surface area (Å²) in [7, 11) is -4.12. The summed E-state index contributed by atoms with van der Waals surface area (Å²) in [5, 5.41) is 3.49. The molecule has 0 fully saturated rings. The zero-order chi connectivity index (χ0) is 31.3. The van der Waals surface area contributed by atoms with Crippen LogP contribution >= 0.6 is 23.2 Å². The predicted molar refractivity (Wildman–Crippen MR) is 172 cm³/mol. The van der Waals surface area contributed by atoms with Crippen LogP contribution in [0.15, 0.2) is 102 Å². The second kappa shape index (κ2) is 13.8. The zero-order valence-electron chi connectivity index (χ0n) is 24.0. The smallest absolute Gasteiger partial charge is 0.262 e. The van der Waals surface area contributed by atoms with Crippen LogP contribution in [-0.2, 0) is 32.6 Å². The van der Waals surface area contributed by atoms with E-state index in [0.29, 0.717) is 35.0 Å². The summed E-state index contributed by atoms with van der Waals surface area (Å²) >= 11 is 12.3. The molecule has 11 heteroatoms. The molecule has 1 unspecified atom stereocenters. The lowest BCUT2D eigenvalue weighted by Crippen LogP contribution is -2.53. The molecule has 44 heavy (non-hydrogen) atoms. The number of anilines is 1. The fraction of sp³-hybridized carbons (Fsp3) is 0.212. The van der Waals surface area contributed by atoms with Crippen LogP contribution in [0.4, 0.5) is 5.69 Å². The maximum Gasteiger partial charge on any atom is 0.262 e. The van der Waals surface area contributed by atoms with E-state index in [0.717, 1.165) is 15.4 Å². The Hall–Kier alpha value is -3.89. The average Bonchev–Trinajstić information content (AvgIpc) is 3.02. The normalized spacial score (nSPS) is 14.5. The molecule has 0 radical (unpaired) electrons. The van der Waals surface area contributed by atoms with Crippen molar-refractivity contribution in [3.05, 3.63) is 124 Å².